The van der Waals surface area contributed by atoms with Gasteiger partial charge in [0.15, 0.2) is 0 Å². The van der Waals surface area contributed by atoms with Crippen LogP contribution < -0.4 is 0 Å². The summed E-state index contributed by atoms with van der Waals surface area (Å²) >= 11 is 0. The molecule has 3 nitrogen and oxygen atoms in total. The number of hydrogen-bond donors (Lipinski definition) is 0. The predicted molar refractivity (Wildman–Crippen MR) is 98.0 cm³/mol. The Morgan fingerprint density at radius 1 is 0.840 bits per heavy atom. The number of benzene rings is 2. The maximum Gasteiger partial charge on any atom is 0.254 e. The summed E-state index contributed by atoms with van der Waals surface area (Å²) in [5.41, 5.74) is 3.87. The van der Waals surface area contributed by atoms with Crippen LogP contribution in [0.1, 0.15) is 27.2 Å². The van der Waals surface area contributed by atoms with E-state index in [2.05, 4.69) is 28.7 Å². The first-order chi connectivity index (χ1) is 12.3. The Morgan fingerprint density at radius 2 is 1.52 bits per heavy atom. The smallest absolute Gasteiger partial charge is 0.254 e. The molecule has 0 fully saturated rings. The number of hydrogen-bond acceptors (Lipinski definition) is 1. The molecule has 2 aromatic carbocycles. The van der Waals surface area contributed by atoms with Crippen molar-refractivity contribution < 1.29 is 4.79 Å². The largest absolute Gasteiger partial charge is 0.347 e. The van der Waals surface area contributed by atoms with Gasteiger partial charge in [0, 0.05) is 41.7 Å². The van der Waals surface area contributed by atoms with Gasteiger partial charge in [-0.05, 0) is 30.3 Å². The molecular weight excluding hydrogens is 308 g/mol. The van der Waals surface area contributed by atoms with Gasteiger partial charge in [-0.15, -0.1) is 0 Å². The SMILES string of the molecule is O=C(c1ccccc1)N1CCn2cc(C#Cc3ccccc3)cc2C1. The summed E-state index contributed by atoms with van der Waals surface area (Å²) < 4.78 is 2.20. The lowest BCUT2D eigenvalue weighted by atomic mass is 10.2. The Bertz CT molecular complexity index is 946. The van der Waals surface area contributed by atoms with E-state index in [4.69, 9.17) is 0 Å². The van der Waals surface area contributed by atoms with Crippen LogP contribution in [0.2, 0.25) is 0 Å². The Kier molecular flexibility index (Phi) is 4.10. The second-order valence-corrected chi connectivity index (χ2v) is 6.12. The number of carbonyl (C=O) groups is 1. The number of amides is 1. The van der Waals surface area contributed by atoms with Gasteiger partial charge in [-0.2, -0.15) is 0 Å². The Balaban J connectivity index is 1.52. The second kappa shape index (κ2) is 6.70. The van der Waals surface area contributed by atoms with Crippen molar-refractivity contribution >= 4 is 5.91 Å². The van der Waals surface area contributed by atoms with Crippen molar-refractivity contribution in [2.45, 2.75) is 13.1 Å². The lowest BCUT2D eigenvalue weighted by Crippen LogP contribution is -2.37. The van der Waals surface area contributed by atoms with Gasteiger partial charge >= 0.3 is 0 Å². The molecule has 3 heteroatoms. The highest BCUT2D eigenvalue weighted by atomic mass is 16.2. The number of carbonyl (C=O) groups excluding carboxylic acids is 1. The quantitative estimate of drug-likeness (QED) is 0.628. The van der Waals surface area contributed by atoms with Crippen LogP contribution in [-0.4, -0.2) is 21.9 Å². The maximum atomic E-state index is 12.6. The van der Waals surface area contributed by atoms with Crippen LogP contribution in [-0.2, 0) is 13.1 Å². The summed E-state index contributed by atoms with van der Waals surface area (Å²) in [7, 11) is 0. The molecule has 0 bridgehead atoms. The molecule has 3 aromatic rings. The molecule has 4 rings (SSSR count). The molecule has 25 heavy (non-hydrogen) atoms. The predicted octanol–water partition coefficient (Wildman–Crippen LogP) is 3.54. The topological polar surface area (TPSA) is 25.2 Å². The van der Waals surface area contributed by atoms with Crippen LogP contribution in [0.3, 0.4) is 0 Å². The van der Waals surface area contributed by atoms with Crippen molar-refractivity contribution in [3.8, 4) is 11.8 Å². The van der Waals surface area contributed by atoms with Crippen LogP contribution in [0.5, 0.6) is 0 Å². The van der Waals surface area contributed by atoms with E-state index in [1.807, 2.05) is 65.6 Å². The van der Waals surface area contributed by atoms with E-state index in [0.29, 0.717) is 6.54 Å². The highest BCUT2D eigenvalue weighted by Gasteiger charge is 2.21. The summed E-state index contributed by atoms with van der Waals surface area (Å²) in [5.74, 6) is 6.49. The molecule has 1 amide bonds. The maximum absolute atomic E-state index is 12.6. The van der Waals surface area contributed by atoms with E-state index in [-0.39, 0.29) is 5.91 Å². The van der Waals surface area contributed by atoms with Crippen LogP contribution in [0.25, 0.3) is 0 Å². The molecule has 0 aliphatic carbocycles. The van der Waals surface area contributed by atoms with Crippen molar-refractivity contribution in [1.82, 2.24) is 9.47 Å². The lowest BCUT2D eigenvalue weighted by molar-refractivity contribution is 0.0711. The fourth-order valence-corrected chi connectivity index (χ4v) is 3.07. The van der Waals surface area contributed by atoms with Crippen molar-refractivity contribution in [2.75, 3.05) is 6.54 Å². The number of nitrogens with zero attached hydrogens (tertiary/aromatic N) is 2. The minimum absolute atomic E-state index is 0.0879. The highest BCUT2D eigenvalue weighted by molar-refractivity contribution is 5.94. The minimum Gasteiger partial charge on any atom is -0.347 e. The third-order valence-corrected chi connectivity index (χ3v) is 4.38. The lowest BCUT2D eigenvalue weighted by Gasteiger charge is -2.28. The molecule has 1 aromatic heterocycles. The summed E-state index contributed by atoms with van der Waals surface area (Å²) in [5, 5.41) is 0. The normalized spacial score (nSPS) is 12.9. The van der Waals surface area contributed by atoms with E-state index < -0.39 is 0 Å². The number of rotatable bonds is 1. The average molecular weight is 326 g/mol. The van der Waals surface area contributed by atoms with E-state index in [1.165, 1.54) is 0 Å². The Labute approximate surface area is 147 Å². The Hall–Kier alpha value is -3.25. The highest BCUT2D eigenvalue weighted by Crippen LogP contribution is 2.18. The van der Waals surface area contributed by atoms with Crippen LogP contribution >= 0.6 is 0 Å². The molecule has 2 heterocycles. The molecular formula is C22H18N2O. The molecule has 0 saturated heterocycles. The van der Waals surface area contributed by atoms with Crippen molar-refractivity contribution in [3.63, 3.8) is 0 Å². The van der Waals surface area contributed by atoms with Gasteiger partial charge in [0.25, 0.3) is 5.91 Å². The molecule has 0 atom stereocenters. The average Bonchev–Trinajstić information content (AvgIpc) is 3.09. The summed E-state index contributed by atoms with van der Waals surface area (Å²) in [6.07, 6.45) is 2.08. The zero-order valence-corrected chi connectivity index (χ0v) is 13.9. The molecule has 0 radical (unpaired) electrons. The van der Waals surface area contributed by atoms with Crippen LogP contribution in [0, 0.1) is 11.8 Å². The van der Waals surface area contributed by atoms with Crippen molar-refractivity contribution in [2.24, 2.45) is 0 Å². The van der Waals surface area contributed by atoms with Gasteiger partial charge in [-0.25, -0.2) is 0 Å². The van der Waals surface area contributed by atoms with Gasteiger partial charge in [-0.1, -0.05) is 48.2 Å². The van der Waals surface area contributed by atoms with Crippen molar-refractivity contribution in [3.05, 3.63) is 95.3 Å². The third-order valence-electron chi connectivity index (χ3n) is 4.38. The molecule has 0 N–H and O–H groups in total. The van der Waals surface area contributed by atoms with E-state index in [9.17, 15) is 4.79 Å². The Morgan fingerprint density at radius 3 is 2.28 bits per heavy atom. The van der Waals surface area contributed by atoms with E-state index >= 15 is 0 Å². The first kappa shape index (κ1) is 15.3. The van der Waals surface area contributed by atoms with E-state index in [0.717, 1.165) is 35.5 Å². The molecule has 1 aliphatic heterocycles. The molecule has 0 saturated carbocycles. The van der Waals surface area contributed by atoms with Gasteiger partial charge in [-0.3, -0.25) is 4.79 Å². The number of fused-ring (bicyclic) bond motifs is 1. The zero-order chi connectivity index (χ0) is 17.1. The van der Waals surface area contributed by atoms with Crippen molar-refractivity contribution in [1.29, 1.82) is 0 Å². The van der Waals surface area contributed by atoms with E-state index in [1.54, 1.807) is 0 Å². The first-order valence-electron chi connectivity index (χ1n) is 8.40. The summed E-state index contributed by atoms with van der Waals surface area (Å²) in [6, 6.07) is 21.5. The van der Waals surface area contributed by atoms with Gasteiger partial charge < -0.3 is 9.47 Å². The van der Waals surface area contributed by atoms with Crippen LogP contribution in [0.15, 0.2) is 72.9 Å². The molecule has 0 unspecified atom stereocenters. The standard InChI is InChI=1S/C22H18N2O/c25-22(20-9-5-2-6-10-20)24-14-13-23-16-19(15-21(23)17-24)12-11-18-7-3-1-4-8-18/h1-10,15-16H,13-14,17H2. The summed E-state index contributed by atoms with van der Waals surface area (Å²) in [4.78, 5) is 14.5. The molecule has 0 spiro atoms. The fourth-order valence-electron chi connectivity index (χ4n) is 3.07. The summed E-state index contributed by atoms with van der Waals surface area (Å²) in [6.45, 7) is 2.16. The molecule has 122 valence electrons. The molecule has 1 aliphatic rings. The third kappa shape index (κ3) is 3.34. The zero-order valence-electron chi connectivity index (χ0n) is 13.9. The second-order valence-electron chi connectivity index (χ2n) is 6.12. The minimum atomic E-state index is 0.0879. The van der Waals surface area contributed by atoms with Crippen LogP contribution in [0.4, 0.5) is 0 Å². The number of aromatic nitrogens is 1. The van der Waals surface area contributed by atoms with Gasteiger partial charge in [0.05, 0.1) is 6.54 Å². The monoisotopic (exact) mass is 326 g/mol. The van der Waals surface area contributed by atoms with Gasteiger partial charge in [0.2, 0.25) is 0 Å². The fraction of sp³-hybridized carbons (Fsp3) is 0.136. The first-order valence-corrected chi connectivity index (χ1v) is 8.40. The van der Waals surface area contributed by atoms with Gasteiger partial charge in [0.1, 0.15) is 0 Å².